The highest BCUT2D eigenvalue weighted by Gasteiger charge is 2.02. The number of nitrogens with zero attached hydrogens (tertiary/aromatic N) is 2. The van der Waals surface area contributed by atoms with E-state index < -0.39 is 0 Å². The Morgan fingerprint density at radius 2 is 1.33 bits per heavy atom. The lowest BCUT2D eigenvalue weighted by Gasteiger charge is -2.04. The lowest BCUT2D eigenvalue weighted by Crippen LogP contribution is -1.87. The first-order chi connectivity index (χ1) is 8.93. The molecule has 1 aromatic carbocycles. The summed E-state index contributed by atoms with van der Waals surface area (Å²) in [4.78, 5) is 8.69. The second-order valence-corrected chi connectivity index (χ2v) is 4.01. The molecule has 3 rings (SSSR count). The molecule has 0 aliphatic heterocycles. The van der Waals surface area contributed by atoms with Gasteiger partial charge in [0.1, 0.15) is 0 Å². The van der Waals surface area contributed by atoms with Gasteiger partial charge in [-0.05, 0) is 35.4 Å². The van der Waals surface area contributed by atoms with Gasteiger partial charge in [0, 0.05) is 12.4 Å². The zero-order valence-corrected chi connectivity index (χ0v) is 9.82. The number of hydrogen-bond donors (Lipinski definition) is 0. The molecule has 0 unspecified atom stereocenters. The van der Waals surface area contributed by atoms with E-state index in [1.54, 1.807) is 6.20 Å². The molecule has 0 bridgehead atoms. The number of rotatable bonds is 2. The molecule has 3 aromatic rings. The molecular weight excluding hydrogens is 220 g/mol. The van der Waals surface area contributed by atoms with Crippen LogP contribution in [0.25, 0.3) is 22.5 Å². The van der Waals surface area contributed by atoms with Crippen LogP contribution in [0.1, 0.15) is 0 Å². The van der Waals surface area contributed by atoms with E-state index in [4.69, 9.17) is 0 Å². The molecule has 0 aliphatic carbocycles. The molecule has 2 aromatic heterocycles. The number of hydrogen-bond acceptors (Lipinski definition) is 2. The lowest BCUT2D eigenvalue weighted by molar-refractivity contribution is 1.25. The first-order valence-electron chi connectivity index (χ1n) is 5.86. The van der Waals surface area contributed by atoms with Crippen LogP contribution in [-0.4, -0.2) is 9.97 Å². The fourth-order valence-electron chi connectivity index (χ4n) is 1.90. The van der Waals surface area contributed by atoms with Crippen LogP contribution in [-0.2, 0) is 0 Å². The predicted molar refractivity (Wildman–Crippen MR) is 72.9 cm³/mol. The van der Waals surface area contributed by atoms with Crippen LogP contribution < -0.4 is 0 Å². The Morgan fingerprint density at radius 1 is 0.556 bits per heavy atom. The van der Waals surface area contributed by atoms with Crippen molar-refractivity contribution in [1.82, 2.24) is 9.97 Å². The smallest absolute Gasteiger partial charge is 0.0892 e. The van der Waals surface area contributed by atoms with Gasteiger partial charge in [-0.3, -0.25) is 9.97 Å². The molecule has 86 valence electrons. The van der Waals surface area contributed by atoms with Gasteiger partial charge >= 0.3 is 0 Å². The molecular formula is C16H12N2. The standard InChI is InChI=1S/C16H12N2/c1-2-6-13(7-3-1)14-9-11-18-16(12-14)15-8-4-5-10-17-15/h1-12H. The molecule has 0 fully saturated rings. The molecule has 0 amide bonds. The highest BCUT2D eigenvalue weighted by Crippen LogP contribution is 2.22. The quantitative estimate of drug-likeness (QED) is 0.671. The Labute approximate surface area is 106 Å². The summed E-state index contributed by atoms with van der Waals surface area (Å²) in [6.07, 6.45) is 3.61. The minimum Gasteiger partial charge on any atom is -0.255 e. The molecule has 0 aliphatic rings. The summed E-state index contributed by atoms with van der Waals surface area (Å²) in [7, 11) is 0. The van der Waals surface area contributed by atoms with Crippen molar-refractivity contribution in [3.63, 3.8) is 0 Å². The van der Waals surface area contributed by atoms with E-state index in [1.165, 1.54) is 5.56 Å². The molecule has 0 saturated heterocycles. The van der Waals surface area contributed by atoms with E-state index in [9.17, 15) is 0 Å². The lowest BCUT2D eigenvalue weighted by atomic mass is 10.1. The highest BCUT2D eigenvalue weighted by molar-refractivity contribution is 5.68. The van der Waals surface area contributed by atoms with E-state index in [2.05, 4.69) is 28.2 Å². The molecule has 0 radical (unpaired) electrons. The van der Waals surface area contributed by atoms with Gasteiger partial charge < -0.3 is 0 Å². The summed E-state index contributed by atoms with van der Waals surface area (Å²) in [5.41, 5.74) is 4.15. The molecule has 0 atom stereocenters. The normalized spacial score (nSPS) is 10.2. The van der Waals surface area contributed by atoms with Crippen molar-refractivity contribution in [3.05, 3.63) is 73.1 Å². The largest absolute Gasteiger partial charge is 0.255 e. The second kappa shape index (κ2) is 4.80. The molecule has 2 nitrogen and oxygen atoms in total. The third-order valence-electron chi connectivity index (χ3n) is 2.79. The number of aromatic nitrogens is 2. The third-order valence-corrected chi connectivity index (χ3v) is 2.79. The first kappa shape index (κ1) is 10.7. The van der Waals surface area contributed by atoms with E-state index in [-0.39, 0.29) is 0 Å². The summed E-state index contributed by atoms with van der Waals surface area (Å²) in [5, 5.41) is 0. The molecule has 2 heteroatoms. The van der Waals surface area contributed by atoms with Gasteiger partial charge in [0.05, 0.1) is 11.4 Å². The number of pyridine rings is 2. The van der Waals surface area contributed by atoms with Gasteiger partial charge in [-0.25, -0.2) is 0 Å². The zero-order chi connectivity index (χ0) is 12.2. The highest BCUT2D eigenvalue weighted by atomic mass is 14.8. The van der Waals surface area contributed by atoms with Gasteiger partial charge in [-0.2, -0.15) is 0 Å². The maximum Gasteiger partial charge on any atom is 0.0892 e. The van der Waals surface area contributed by atoms with Crippen molar-refractivity contribution in [3.8, 4) is 22.5 Å². The van der Waals surface area contributed by atoms with E-state index in [1.807, 2.05) is 48.7 Å². The summed E-state index contributed by atoms with van der Waals surface area (Å²) in [6, 6.07) is 20.2. The van der Waals surface area contributed by atoms with Crippen molar-refractivity contribution in [2.45, 2.75) is 0 Å². The molecule has 0 saturated carbocycles. The fourth-order valence-corrected chi connectivity index (χ4v) is 1.90. The minimum atomic E-state index is 0.898. The average molecular weight is 232 g/mol. The maximum atomic E-state index is 4.37. The molecule has 0 N–H and O–H groups in total. The SMILES string of the molecule is c1ccc(-c2ccnc(-c3ccccn3)c2)cc1. The van der Waals surface area contributed by atoms with E-state index >= 15 is 0 Å². The molecule has 2 heterocycles. The van der Waals surface area contributed by atoms with Crippen LogP contribution in [0, 0.1) is 0 Å². The molecule has 0 spiro atoms. The Balaban J connectivity index is 2.05. The van der Waals surface area contributed by atoms with Crippen molar-refractivity contribution >= 4 is 0 Å². The topological polar surface area (TPSA) is 25.8 Å². The van der Waals surface area contributed by atoms with Gasteiger partial charge in [-0.1, -0.05) is 36.4 Å². The Bertz CT molecular complexity index is 579. The van der Waals surface area contributed by atoms with Crippen molar-refractivity contribution in [2.24, 2.45) is 0 Å². The fraction of sp³-hybridized carbons (Fsp3) is 0. The summed E-state index contributed by atoms with van der Waals surface area (Å²) in [5.74, 6) is 0. The Kier molecular flexibility index (Phi) is 2.84. The average Bonchev–Trinajstić information content (AvgIpc) is 2.49. The van der Waals surface area contributed by atoms with Crippen LogP contribution in [0.4, 0.5) is 0 Å². The maximum absolute atomic E-state index is 4.37. The van der Waals surface area contributed by atoms with E-state index in [0.717, 1.165) is 17.0 Å². The summed E-state index contributed by atoms with van der Waals surface area (Å²) in [6.45, 7) is 0. The predicted octanol–water partition coefficient (Wildman–Crippen LogP) is 3.81. The van der Waals surface area contributed by atoms with Gasteiger partial charge in [0.15, 0.2) is 0 Å². The van der Waals surface area contributed by atoms with E-state index in [0.29, 0.717) is 0 Å². The monoisotopic (exact) mass is 232 g/mol. The zero-order valence-electron chi connectivity index (χ0n) is 9.82. The summed E-state index contributed by atoms with van der Waals surface area (Å²) >= 11 is 0. The molecule has 18 heavy (non-hydrogen) atoms. The Morgan fingerprint density at radius 3 is 2.11 bits per heavy atom. The van der Waals surface area contributed by atoms with Crippen molar-refractivity contribution in [1.29, 1.82) is 0 Å². The number of benzene rings is 1. The minimum absolute atomic E-state index is 0.898. The van der Waals surface area contributed by atoms with Crippen LogP contribution >= 0.6 is 0 Å². The summed E-state index contributed by atoms with van der Waals surface area (Å²) < 4.78 is 0. The Hall–Kier alpha value is -2.48. The third kappa shape index (κ3) is 2.13. The van der Waals surface area contributed by atoms with Gasteiger partial charge in [0.2, 0.25) is 0 Å². The van der Waals surface area contributed by atoms with Crippen LogP contribution in [0.15, 0.2) is 73.1 Å². The van der Waals surface area contributed by atoms with Crippen molar-refractivity contribution < 1.29 is 0 Å². The van der Waals surface area contributed by atoms with Gasteiger partial charge in [-0.15, -0.1) is 0 Å². The van der Waals surface area contributed by atoms with Crippen LogP contribution in [0.2, 0.25) is 0 Å². The van der Waals surface area contributed by atoms with Crippen molar-refractivity contribution in [2.75, 3.05) is 0 Å². The van der Waals surface area contributed by atoms with Gasteiger partial charge in [0.25, 0.3) is 0 Å². The van der Waals surface area contributed by atoms with Crippen LogP contribution in [0.3, 0.4) is 0 Å². The second-order valence-electron chi connectivity index (χ2n) is 4.01. The first-order valence-corrected chi connectivity index (χ1v) is 5.86. The van der Waals surface area contributed by atoms with Crippen LogP contribution in [0.5, 0.6) is 0 Å².